The number of nitrogen functional groups attached to an aromatic ring is 1. The van der Waals surface area contributed by atoms with Gasteiger partial charge in [0.15, 0.2) is 0 Å². The molecule has 0 aliphatic carbocycles. The van der Waals surface area contributed by atoms with Gasteiger partial charge in [-0.1, -0.05) is 18.5 Å². The van der Waals surface area contributed by atoms with Gasteiger partial charge in [0.1, 0.15) is 5.75 Å². The second-order valence-corrected chi connectivity index (χ2v) is 3.74. The minimum Gasteiger partial charge on any atom is -0.496 e. The number of hydrogen-bond acceptors (Lipinski definition) is 3. The van der Waals surface area contributed by atoms with E-state index in [1.807, 2.05) is 6.92 Å². The lowest BCUT2D eigenvalue weighted by atomic mass is 10.1. The Morgan fingerprint density at radius 1 is 1.53 bits per heavy atom. The van der Waals surface area contributed by atoms with Gasteiger partial charge in [0.05, 0.1) is 23.4 Å². The lowest BCUT2D eigenvalue weighted by Gasteiger charge is -2.10. The monoisotopic (exact) mass is 278 g/mol. The Morgan fingerprint density at radius 3 is 2.71 bits per heavy atom. The molecule has 0 bridgehead atoms. The van der Waals surface area contributed by atoms with Gasteiger partial charge in [-0.2, -0.15) is 0 Å². The fourth-order valence-corrected chi connectivity index (χ4v) is 1.41. The number of rotatable bonds is 4. The van der Waals surface area contributed by atoms with Crippen LogP contribution in [0.2, 0.25) is 5.02 Å². The molecule has 96 valence electrons. The van der Waals surface area contributed by atoms with E-state index in [-0.39, 0.29) is 18.3 Å². The molecule has 17 heavy (non-hydrogen) atoms. The summed E-state index contributed by atoms with van der Waals surface area (Å²) in [5.41, 5.74) is 6.41. The van der Waals surface area contributed by atoms with Crippen molar-refractivity contribution in [3.8, 4) is 5.75 Å². The van der Waals surface area contributed by atoms with Gasteiger partial charge in [-0.25, -0.2) is 0 Å². The summed E-state index contributed by atoms with van der Waals surface area (Å²) in [5.74, 6) is 0.219. The van der Waals surface area contributed by atoms with Crippen molar-refractivity contribution >= 4 is 35.6 Å². The first-order valence-corrected chi connectivity index (χ1v) is 5.39. The number of carbonyl (C=O) groups excluding carboxylic acids is 1. The molecule has 0 aromatic heterocycles. The Balaban J connectivity index is 0.00000256. The quantitative estimate of drug-likeness (QED) is 0.832. The van der Waals surface area contributed by atoms with Crippen LogP contribution in [0.3, 0.4) is 0 Å². The normalized spacial score (nSPS) is 9.35. The van der Waals surface area contributed by atoms with Crippen LogP contribution in [-0.2, 0) is 0 Å². The van der Waals surface area contributed by atoms with Crippen LogP contribution in [0, 0.1) is 0 Å². The number of hydrogen-bond donors (Lipinski definition) is 2. The SMILES string of the molecule is CCCNC(=O)c1cc(Cl)c(N)cc1OC.Cl. The second kappa shape index (κ2) is 7.25. The van der Waals surface area contributed by atoms with Crippen molar-refractivity contribution in [2.45, 2.75) is 13.3 Å². The van der Waals surface area contributed by atoms with E-state index in [0.29, 0.717) is 28.6 Å². The third kappa shape index (κ3) is 3.98. The molecule has 6 heteroatoms. The molecule has 0 aliphatic rings. The first kappa shape index (κ1) is 15.9. The molecule has 1 aromatic carbocycles. The predicted octanol–water partition coefficient (Wildman–Crippen LogP) is 2.49. The highest BCUT2D eigenvalue weighted by Gasteiger charge is 2.14. The summed E-state index contributed by atoms with van der Waals surface area (Å²) in [7, 11) is 1.49. The van der Waals surface area contributed by atoms with Crippen LogP contribution in [0.5, 0.6) is 5.75 Å². The number of ether oxygens (including phenoxy) is 1. The molecule has 0 unspecified atom stereocenters. The van der Waals surface area contributed by atoms with Gasteiger partial charge in [0, 0.05) is 12.6 Å². The van der Waals surface area contributed by atoms with Crippen molar-refractivity contribution in [2.75, 3.05) is 19.4 Å². The summed E-state index contributed by atoms with van der Waals surface area (Å²) in [6, 6.07) is 3.06. The summed E-state index contributed by atoms with van der Waals surface area (Å²) >= 11 is 5.86. The Morgan fingerprint density at radius 2 is 2.18 bits per heavy atom. The topological polar surface area (TPSA) is 64.4 Å². The third-order valence-electron chi connectivity index (χ3n) is 2.10. The zero-order valence-electron chi connectivity index (χ0n) is 9.75. The molecule has 0 heterocycles. The first-order valence-electron chi connectivity index (χ1n) is 5.01. The minimum atomic E-state index is -0.208. The van der Waals surface area contributed by atoms with Gasteiger partial charge in [-0.05, 0) is 12.5 Å². The number of amides is 1. The van der Waals surface area contributed by atoms with E-state index in [4.69, 9.17) is 22.1 Å². The number of anilines is 1. The van der Waals surface area contributed by atoms with Gasteiger partial charge in [-0.3, -0.25) is 4.79 Å². The van der Waals surface area contributed by atoms with Crippen molar-refractivity contribution in [2.24, 2.45) is 0 Å². The Bertz CT molecular complexity index is 397. The van der Waals surface area contributed by atoms with E-state index in [0.717, 1.165) is 6.42 Å². The predicted molar refractivity (Wildman–Crippen MR) is 72.3 cm³/mol. The Kier molecular flexibility index (Phi) is 6.76. The van der Waals surface area contributed by atoms with E-state index in [1.165, 1.54) is 13.2 Å². The van der Waals surface area contributed by atoms with E-state index in [1.54, 1.807) is 6.07 Å². The van der Waals surface area contributed by atoms with Gasteiger partial charge in [0.25, 0.3) is 5.91 Å². The number of benzene rings is 1. The summed E-state index contributed by atoms with van der Waals surface area (Å²) in [6.07, 6.45) is 0.872. The fourth-order valence-electron chi connectivity index (χ4n) is 1.25. The number of carbonyl (C=O) groups is 1. The smallest absolute Gasteiger partial charge is 0.255 e. The molecule has 0 spiro atoms. The van der Waals surface area contributed by atoms with Crippen molar-refractivity contribution in [3.05, 3.63) is 22.7 Å². The van der Waals surface area contributed by atoms with E-state index < -0.39 is 0 Å². The van der Waals surface area contributed by atoms with Gasteiger partial charge < -0.3 is 15.8 Å². The van der Waals surface area contributed by atoms with Gasteiger partial charge in [-0.15, -0.1) is 12.4 Å². The second-order valence-electron chi connectivity index (χ2n) is 3.33. The van der Waals surface area contributed by atoms with Crippen LogP contribution in [0.1, 0.15) is 23.7 Å². The maximum Gasteiger partial charge on any atom is 0.255 e. The molecule has 0 radical (unpaired) electrons. The summed E-state index contributed by atoms with van der Waals surface area (Å²) < 4.78 is 5.08. The highest BCUT2D eigenvalue weighted by molar-refractivity contribution is 6.33. The third-order valence-corrected chi connectivity index (χ3v) is 2.43. The van der Waals surface area contributed by atoms with Crippen LogP contribution < -0.4 is 15.8 Å². The molecule has 4 nitrogen and oxygen atoms in total. The van der Waals surface area contributed by atoms with Crippen LogP contribution in [0.4, 0.5) is 5.69 Å². The highest BCUT2D eigenvalue weighted by atomic mass is 35.5. The standard InChI is InChI=1S/C11H15ClN2O2.ClH/c1-3-4-14-11(15)7-5-8(12)9(13)6-10(7)16-2;/h5-6H,3-4,13H2,1-2H3,(H,14,15);1H. The Hall–Kier alpha value is -1.13. The minimum absolute atomic E-state index is 0. The first-order chi connectivity index (χ1) is 7.60. The van der Waals surface area contributed by atoms with E-state index in [2.05, 4.69) is 5.32 Å². The molecule has 0 saturated carbocycles. The number of halogens is 2. The van der Waals surface area contributed by atoms with E-state index in [9.17, 15) is 4.79 Å². The number of methoxy groups -OCH3 is 1. The highest BCUT2D eigenvalue weighted by Crippen LogP contribution is 2.28. The summed E-state index contributed by atoms with van der Waals surface area (Å²) in [5, 5.41) is 3.10. The molecule has 0 atom stereocenters. The molecule has 0 aliphatic heterocycles. The van der Waals surface area contributed by atoms with E-state index >= 15 is 0 Å². The largest absolute Gasteiger partial charge is 0.496 e. The lowest BCUT2D eigenvalue weighted by molar-refractivity contribution is 0.0950. The molecule has 1 aromatic rings. The van der Waals surface area contributed by atoms with Crippen LogP contribution in [0.25, 0.3) is 0 Å². The zero-order valence-corrected chi connectivity index (χ0v) is 11.3. The average molecular weight is 279 g/mol. The molecule has 1 rings (SSSR count). The van der Waals surface area contributed by atoms with Gasteiger partial charge >= 0.3 is 0 Å². The molecular formula is C11H16Cl2N2O2. The molecule has 0 saturated heterocycles. The van der Waals surface area contributed by atoms with Gasteiger partial charge in [0.2, 0.25) is 0 Å². The zero-order chi connectivity index (χ0) is 12.1. The molecular weight excluding hydrogens is 263 g/mol. The summed E-state index contributed by atoms with van der Waals surface area (Å²) in [6.45, 7) is 2.59. The van der Waals surface area contributed by atoms with Crippen molar-refractivity contribution in [1.29, 1.82) is 0 Å². The van der Waals surface area contributed by atoms with Crippen molar-refractivity contribution in [3.63, 3.8) is 0 Å². The van der Waals surface area contributed by atoms with Crippen LogP contribution in [0.15, 0.2) is 12.1 Å². The summed E-state index contributed by atoms with van der Waals surface area (Å²) in [4.78, 5) is 11.8. The maximum absolute atomic E-state index is 11.8. The fraction of sp³-hybridized carbons (Fsp3) is 0.364. The van der Waals surface area contributed by atoms with Crippen molar-refractivity contribution < 1.29 is 9.53 Å². The van der Waals surface area contributed by atoms with Crippen LogP contribution in [-0.4, -0.2) is 19.6 Å². The molecule has 0 fully saturated rings. The van der Waals surface area contributed by atoms with Crippen molar-refractivity contribution in [1.82, 2.24) is 5.32 Å². The number of nitrogens with two attached hydrogens (primary N) is 1. The maximum atomic E-state index is 11.8. The lowest BCUT2D eigenvalue weighted by Crippen LogP contribution is -2.24. The molecule has 1 amide bonds. The Labute approximate surface area is 112 Å². The average Bonchev–Trinajstić information content (AvgIpc) is 2.28. The number of nitrogens with one attached hydrogen (secondary N) is 1. The van der Waals surface area contributed by atoms with Crippen LogP contribution >= 0.6 is 24.0 Å². The molecule has 3 N–H and O–H groups in total.